The van der Waals surface area contributed by atoms with Gasteiger partial charge in [0.1, 0.15) is 0 Å². The van der Waals surface area contributed by atoms with E-state index in [1.54, 1.807) is 6.20 Å². The SMILES string of the molecule is c1ccc(C2CC2c2cn3ccncc3n2)cc1. The van der Waals surface area contributed by atoms with Gasteiger partial charge in [-0.2, -0.15) is 0 Å². The molecule has 1 aromatic carbocycles. The van der Waals surface area contributed by atoms with Gasteiger partial charge in [-0.05, 0) is 17.9 Å². The number of hydrogen-bond donors (Lipinski definition) is 0. The van der Waals surface area contributed by atoms with Crippen LogP contribution in [0.25, 0.3) is 5.65 Å². The van der Waals surface area contributed by atoms with Crippen molar-refractivity contribution in [3.05, 3.63) is 66.4 Å². The van der Waals surface area contributed by atoms with Crippen molar-refractivity contribution in [2.75, 3.05) is 0 Å². The van der Waals surface area contributed by atoms with Crippen molar-refractivity contribution in [1.82, 2.24) is 14.4 Å². The lowest BCUT2D eigenvalue weighted by Crippen LogP contribution is -1.83. The topological polar surface area (TPSA) is 30.2 Å². The average molecular weight is 235 g/mol. The Morgan fingerprint density at radius 1 is 1.11 bits per heavy atom. The molecular weight excluding hydrogens is 222 g/mol. The monoisotopic (exact) mass is 235 g/mol. The maximum Gasteiger partial charge on any atom is 0.155 e. The van der Waals surface area contributed by atoms with E-state index in [9.17, 15) is 0 Å². The summed E-state index contributed by atoms with van der Waals surface area (Å²) < 4.78 is 2.04. The van der Waals surface area contributed by atoms with Crippen LogP contribution < -0.4 is 0 Å². The van der Waals surface area contributed by atoms with E-state index < -0.39 is 0 Å². The molecule has 2 heterocycles. The number of nitrogens with zero attached hydrogens (tertiary/aromatic N) is 3. The van der Waals surface area contributed by atoms with Gasteiger partial charge in [0, 0.05) is 24.5 Å². The molecule has 0 N–H and O–H groups in total. The Bertz CT molecular complexity index is 654. The van der Waals surface area contributed by atoms with E-state index in [2.05, 4.69) is 46.5 Å². The summed E-state index contributed by atoms with van der Waals surface area (Å²) in [7, 11) is 0. The van der Waals surface area contributed by atoms with Gasteiger partial charge in [0.25, 0.3) is 0 Å². The maximum atomic E-state index is 4.65. The Hall–Kier alpha value is -2.16. The van der Waals surface area contributed by atoms with Crippen LogP contribution in [0.2, 0.25) is 0 Å². The standard InChI is InChI=1S/C15H13N3/c1-2-4-11(5-3-1)12-8-13(12)14-10-18-7-6-16-9-15(18)17-14/h1-7,9-10,12-13H,8H2. The van der Waals surface area contributed by atoms with E-state index in [-0.39, 0.29) is 0 Å². The third-order valence-electron chi connectivity index (χ3n) is 3.68. The molecule has 0 amide bonds. The fourth-order valence-corrected chi connectivity index (χ4v) is 2.63. The molecule has 1 aliphatic carbocycles. The second-order valence-corrected chi connectivity index (χ2v) is 4.87. The zero-order chi connectivity index (χ0) is 11.9. The number of aromatic nitrogens is 3. The van der Waals surface area contributed by atoms with E-state index in [0.717, 1.165) is 5.65 Å². The molecule has 3 nitrogen and oxygen atoms in total. The van der Waals surface area contributed by atoms with Gasteiger partial charge >= 0.3 is 0 Å². The molecular formula is C15H13N3. The lowest BCUT2D eigenvalue weighted by molar-refractivity contribution is 0.986. The van der Waals surface area contributed by atoms with Crippen LogP contribution in [0.4, 0.5) is 0 Å². The number of imidazole rings is 1. The zero-order valence-corrected chi connectivity index (χ0v) is 9.90. The summed E-state index contributed by atoms with van der Waals surface area (Å²) in [5.41, 5.74) is 3.56. The van der Waals surface area contributed by atoms with E-state index in [0.29, 0.717) is 11.8 Å². The van der Waals surface area contributed by atoms with E-state index in [4.69, 9.17) is 0 Å². The molecule has 18 heavy (non-hydrogen) atoms. The lowest BCUT2D eigenvalue weighted by Gasteiger charge is -1.97. The molecule has 0 spiro atoms. The molecule has 0 radical (unpaired) electrons. The van der Waals surface area contributed by atoms with Crippen LogP contribution in [0.3, 0.4) is 0 Å². The Kier molecular flexibility index (Phi) is 2.00. The molecule has 4 rings (SSSR count). The minimum absolute atomic E-state index is 0.576. The highest BCUT2D eigenvalue weighted by atomic mass is 15.0. The van der Waals surface area contributed by atoms with Crippen molar-refractivity contribution in [2.24, 2.45) is 0 Å². The number of rotatable bonds is 2. The first kappa shape index (κ1) is 9.83. The molecule has 2 unspecified atom stereocenters. The first-order valence-electron chi connectivity index (χ1n) is 6.25. The summed E-state index contributed by atoms with van der Waals surface area (Å²) in [6.45, 7) is 0. The molecule has 2 aromatic heterocycles. The van der Waals surface area contributed by atoms with E-state index in [1.165, 1.54) is 17.7 Å². The van der Waals surface area contributed by atoms with Crippen LogP contribution in [0.5, 0.6) is 0 Å². The molecule has 1 saturated carbocycles. The van der Waals surface area contributed by atoms with Gasteiger partial charge in [-0.1, -0.05) is 30.3 Å². The second kappa shape index (κ2) is 3.67. The van der Waals surface area contributed by atoms with Crippen LogP contribution in [0, 0.1) is 0 Å². The highest BCUT2D eigenvalue weighted by Gasteiger charge is 2.40. The summed E-state index contributed by atoms with van der Waals surface area (Å²) in [4.78, 5) is 8.75. The molecule has 0 aliphatic heterocycles. The van der Waals surface area contributed by atoms with Crippen molar-refractivity contribution in [2.45, 2.75) is 18.3 Å². The zero-order valence-electron chi connectivity index (χ0n) is 9.90. The quantitative estimate of drug-likeness (QED) is 0.683. The van der Waals surface area contributed by atoms with Crippen molar-refractivity contribution in [1.29, 1.82) is 0 Å². The van der Waals surface area contributed by atoms with Crippen LogP contribution in [0.15, 0.2) is 55.1 Å². The third kappa shape index (κ3) is 1.51. The first-order valence-corrected chi connectivity index (χ1v) is 6.25. The van der Waals surface area contributed by atoms with Gasteiger partial charge in [0.2, 0.25) is 0 Å². The van der Waals surface area contributed by atoms with Crippen LogP contribution >= 0.6 is 0 Å². The van der Waals surface area contributed by atoms with Gasteiger partial charge in [-0.25, -0.2) is 4.98 Å². The van der Waals surface area contributed by atoms with Gasteiger partial charge in [-0.3, -0.25) is 4.98 Å². The predicted molar refractivity (Wildman–Crippen MR) is 69.5 cm³/mol. The van der Waals surface area contributed by atoms with Crippen molar-refractivity contribution < 1.29 is 0 Å². The van der Waals surface area contributed by atoms with Gasteiger partial charge < -0.3 is 4.40 Å². The average Bonchev–Trinajstić information content (AvgIpc) is 3.12. The number of fused-ring (bicyclic) bond motifs is 1. The Morgan fingerprint density at radius 2 is 2.00 bits per heavy atom. The molecule has 2 atom stereocenters. The first-order chi connectivity index (χ1) is 8.92. The Balaban J connectivity index is 1.66. The Morgan fingerprint density at radius 3 is 2.83 bits per heavy atom. The minimum atomic E-state index is 0.576. The third-order valence-corrected chi connectivity index (χ3v) is 3.68. The molecule has 1 fully saturated rings. The number of benzene rings is 1. The van der Waals surface area contributed by atoms with Crippen LogP contribution in [-0.4, -0.2) is 14.4 Å². The van der Waals surface area contributed by atoms with Gasteiger partial charge in [0.15, 0.2) is 5.65 Å². The summed E-state index contributed by atoms with van der Waals surface area (Å²) in [5.74, 6) is 1.22. The molecule has 0 saturated heterocycles. The molecule has 3 heteroatoms. The predicted octanol–water partition coefficient (Wildman–Crippen LogP) is 3.00. The molecule has 88 valence electrons. The summed E-state index contributed by atoms with van der Waals surface area (Å²) in [6.07, 6.45) is 8.89. The van der Waals surface area contributed by atoms with Crippen LogP contribution in [-0.2, 0) is 0 Å². The number of hydrogen-bond acceptors (Lipinski definition) is 2. The second-order valence-electron chi connectivity index (χ2n) is 4.87. The fraction of sp³-hybridized carbons (Fsp3) is 0.200. The Labute approximate surface area is 105 Å². The lowest BCUT2D eigenvalue weighted by atomic mass is 10.1. The molecule has 1 aliphatic rings. The normalized spacial score (nSPS) is 22.2. The highest BCUT2D eigenvalue weighted by molar-refractivity contribution is 5.41. The summed E-state index contributed by atoms with van der Waals surface area (Å²) in [6, 6.07) is 10.7. The van der Waals surface area contributed by atoms with Gasteiger partial charge in [0.05, 0.1) is 11.9 Å². The fourth-order valence-electron chi connectivity index (χ4n) is 2.63. The maximum absolute atomic E-state index is 4.65. The van der Waals surface area contributed by atoms with E-state index in [1.807, 2.05) is 16.8 Å². The highest BCUT2D eigenvalue weighted by Crippen LogP contribution is 2.54. The molecule has 0 bridgehead atoms. The minimum Gasteiger partial charge on any atom is -0.304 e. The van der Waals surface area contributed by atoms with Crippen molar-refractivity contribution in [3.63, 3.8) is 0 Å². The summed E-state index contributed by atoms with van der Waals surface area (Å²) >= 11 is 0. The van der Waals surface area contributed by atoms with Gasteiger partial charge in [-0.15, -0.1) is 0 Å². The molecule has 3 aromatic rings. The van der Waals surface area contributed by atoms with Crippen LogP contribution in [0.1, 0.15) is 29.5 Å². The summed E-state index contributed by atoms with van der Waals surface area (Å²) in [5, 5.41) is 0. The van der Waals surface area contributed by atoms with Crippen molar-refractivity contribution >= 4 is 5.65 Å². The van der Waals surface area contributed by atoms with E-state index >= 15 is 0 Å². The smallest absolute Gasteiger partial charge is 0.155 e. The largest absolute Gasteiger partial charge is 0.304 e. The van der Waals surface area contributed by atoms with Crippen molar-refractivity contribution in [3.8, 4) is 0 Å².